The number of rotatable bonds is 17. The molecule has 0 fully saturated rings. The van der Waals surface area contributed by atoms with E-state index in [0.29, 0.717) is 24.2 Å². The van der Waals surface area contributed by atoms with E-state index < -0.39 is 0 Å². The predicted octanol–water partition coefficient (Wildman–Crippen LogP) is 5.48. The van der Waals surface area contributed by atoms with Crippen molar-refractivity contribution in [2.24, 2.45) is 0 Å². The van der Waals surface area contributed by atoms with Crippen LogP contribution in [0.2, 0.25) is 0 Å². The highest BCUT2D eigenvalue weighted by Gasteiger charge is 2.18. The molecule has 0 saturated heterocycles. The molecule has 2 aromatic heterocycles. The van der Waals surface area contributed by atoms with Gasteiger partial charge in [0.2, 0.25) is 0 Å². The highest BCUT2D eigenvalue weighted by atomic mass is 32.1. The van der Waals surface area contributed by atoms with Crippen LogP contribution in [0.25, 0.3) is 5.57 Å². The number of methoxy groups -OCH3 is 1. The summed E-state index contributed by atoms with van der Waals surface area (Å²) in [5.41, 5.74) is 2.19. The first-order chi connectivity index (χ1) is 16.3. The Labute approximate surface area is 206 Å². The average molecular weight is 496 g/mol. The molecular weight excluding hydrogens is 458 g/mol. The van der Waals surface area contributed by atoms with Crippen LogP contribution in [0.4, 0.5) is 0 Å². The number of aromatic nitrogens is 4. The van der Waals surface area contributed by atoms with E-state index in [1.165, 1.54) is 68.7 Å². The number of nitrogens with zero attached hydrogens (tertiary/aromatic N) is 5. The predicted molar refractivity (Wildman–Crippen MR) is 134 cm³/mol. The molecule has 0 radical (unpaired) electrons. The maximum absolute atomic E-state index is 5.95. The lowest BCUT2D eigenvalue weighted by atomic mass is 10.1. The molecule has 0 amide bonds. The third-order valence-corrected chi connectivity index (χ3v) is 6.75. The molecule has 0 aliphatic carbocycles. The van der Waals surface area contributed by atoms with Crippen LogP contribution in [0.1, 0.15) is 76.3 Å². The largest absolute Gasteiger partial charge is 0.477 e. The lowest BCUT2D eigenvalue weighted by Crippen LogP contribution is -2.25. The first kappa shape index (κ1) is 25.8. The van der Waals surface area contributed by atoms with Crippen molar-refractivity contribution in [3.05, 3.63) is 11.8 Å². The molecule has 0 unspecified atom stereocenters. The molecule has 0 atom stereocenters. The second-order valence-corrected chi connectivity index (χ2v) is 9.54. The first-order valence-corrected chi connectivity index (χ1v) is 13.6. The maximum Gasteiger partial charge on any atom is 0.291 e. The second kappa shape index (κ2) is 15.2. The summed E-state index contributed by atoms with van der Waals surface area (Å²) in [7, 11) is 3.73. The third kappa shape index (κ3) is 9.17. The maximum atomic E-state index is 5.95. The van der Waals surface area contributed by atoms with Crippen LogP contribution in [0.3, 0.4) is 0 Å². The summed E-state index contributed by atoms with van der Waals surface area (Å²) in [5.74, 6) is 1.72. The average Bonchev–Trinajstić information content (AvgIpc) is 3.48. The van der Waals surface area contributed by atoms with Gasteiger partial charge >= 0.3 is 0 Å². The zero-order chi connectivity index (χ0) is 23.1. The van der Waals surface area contributed by atoms with Crippen molar-refractivity contribution >= 4 is 29.0 Å². The Morgan fingerprint density at radius 2 is 1.30 bits per heavy atom. The van der Waals surface area contributed by atoms with Crippen LogP contribution < -0.4 is 14.2 Å². The number of likely N-dealkylation sites (N-methyl/N-ethyl adjacent to an activating group) is 1. The van der Waals surface area contributed by atoms with Gasteiger partial charge in [-0.25, -0.2) is 0 Å². The summed E-state index contributed by atoms with van der Waals surface area (Å²) in [4.78, 5) is 2.31. The van der Waals surface area contributed by atoms with Gasteiger partial charge in [-0.05, 0) is 31.9 Å². The van der Waals surface area contributed by atoms with Gasteiger partial charge in [0.15, 0.2) is 0 Å². The van der Waals surface area contributed by atoms with Crippen LogP contribution in [-0.2, 0) is 0 Å². The summed E-state index contributed by atoms with van der Waals surface area (Å²) >= 11 is 2.36. The van der Waals surface area contributed by atoms with Crippen molar-refractivity contribution < 1.29 is 14.2 Å². The van der Waals surface area contributed by atoms with E-state index in [4.69, 9.17) is 14.2 Å². The highest BCUT2D eigenvalue weighted by molar-refractivity contribution is 6.99. The Kier molecular flexibility index (Phi) is 11.9. The Hall–Kier alpha value is -1.78. The molecule has 2 aromatic rings. The molecule has 184 valence electrons. The summed E-state index contributed by atoms with van der Waals surface area (Å²) in [6.07, 6.45) is 15.7. The van der Waals surface area contributed by atoms with Crippen molar-refractivity contribution in [2.75, 3.05) is 40.5 Å². The fourth-order valence-corrected chi connectivity index (χ4v) is 4.88. The Morgan fingerprint density at radius 3 is 1.94 bits per heavy atom. The Bertz CT molecular complexity index is 827. The zero-order valence-corrected chi connectivity index (χ0v) is 21.6. The SMILES string of the molecule is COc1nsnc1OCCCCCCCCCCCCOc1nsnc1C1=CCCN(C)C1. The number of hydrogen-bond donors (Lipinski definition) is 0. The van der Waals surface area contributed by atoms with E-state index >= 15 is 0 Å². The fraction of sp³-hybridized carbons (Fsp3) is 0.739. The number of ether oxygens (including phenoxy) is 3. The molecule has 0 aromatic carbocycles. The van der Waals surface area contributed by atoms with Gasteiger partial charge < -0.3 is 19.1 Å². The fourth-order valence-electron chi connectivity index (χ4n) is 3.88. The highest BCUT2D eigenvalue weighted by Crippen LogP contribution is 2.27. The minimum absolute atomic E-state index is 0.488. The summed E-state index contributed by atoms with van der Waals surface area (Å²) in [6.45, 7) is 3.44. The van der Waals surface area contributed by atoms with Gasteiger partial charge in [0, 0.05) is 13.1 Å². The Morgan fingerprint density at radius 1 is 0.758 bits per heavy atom. The first-order valence-electron chi connectivity index (χ1n) is 12.1. The van der Waals surface area contributed by atoms with Crippen molar-refractivity contribution in [3.63, 3.8) is 0 Å². The quantitative estimate of drug-likeness (QED) is 0.267. The van der Waals surface area contributed by atoms with Crippen molar-refractivity contribution in [2.45, 2.75) is 70.6 Å². The van der Waals surface area contributed by atoms with Gasteiger partial charge in [0.05, 0.1) is 43.8 Å². The van der Waals surface area contributed by atoms with E-state index in [-0.39, 0.29) is 0 Å². The van der Waals surface area contributed by atoms with Crippen molar-refractivity contribution in [1.82, 2.24) is 22.4 Å². The lowest BCUT2D eigenvalue weighted by molar-refractivity contribution is 0.274. The summed E-state index contributed by atoms with van der Waals surface area (Å²) in [6, 6.07) is 0. The molecule has 0 N–H and O–H groups in total. The molecule has 10 heteroatoms. The summed E-state index contributed by atoms with van der Waals surface area (Å²) in [5, 5.41) is 0. The van der Waals surface area contributed by atoms with Crippen molar-refractivity contribution in [1.29, 1.82) is 0 Å². The number of hydrogen-bond acceptors (Lipinski definition) is 10. The molecule has 8 nitrogen and oxygen atoms in total. The standard InChI is InChI=1S/C23H37N5O3S2/c1-28-15-13-14-19(18-28)20-21(25-32-24-20)30-16-11-9-7-5-3-4-6-8-10-12-17-31-23-22(29-2)26-33-27-23/h14H,3-13,15-18H2,1-2H3. The Balaban J connectivity index is 1.12. The molecule has 33 heavy (non-hydrogen) atoms. The molecule has 3 rings (SSSR count). The van der Waals surface area contributed by atoms with Gasteiger partial charge in [-0.1, -0.05) is 57.4 Å². The topological polar surface area (TPSA) is 82.5 Å². The van der Waals surface area contributed by atoms with E-state index in [1.54, 1.807) is 7.11 Å². The molecule has 0 spiro atoms. The van der Waals surface area contributed by atoms with Crippen molar-refractivity contribution in [3.8, 4) is 17.6 Å². The second-order valence-electron chi connectivity index (χ2n) is 8.48. The monoisotopic (exact) mass is 495 g/mol. The lowest BCUT2D eigenvalue weighted by Gasteiger charge is -2.22. The van der Waals surface area contributed by atoms with Crippen LogP contribution in [-0.4, -0.2) is 62.9 Å². The van der Waals surface area contributed by atoms with Crippen LogP contribution >= 0.6 is 23.5 Å². The normalized spacial score (nSPS) is 14.3. The van der Waals surface area contributed by atoms with E-state index in [1.807, 2.05) is 0 Å². The molecule has 1 aliphatic heterocycles. The minimum atomic E-state index is 0.488. The van der Waals surface area contributed by atoms with E-state index in [0.717, 1.165) is 56.4 Å². The van der Waals surface area contributed by atoms with Crippen LogP contribution in [0.15, 0.2) is 6.08 Å². The molecule has 0 bridgehead atoms. The van der Waals surface area contributed by atoms with E-state index in [2.05, 4.69) is 35.5 Å². The van der Waals surface area contributed by atoms with Gasteiger partial charge in [-0.15, -0.1) is 13.1 Å². The molecule has 0 saturated carbocycles. The summed E-state index contributed by atoms with van der Waals surface area (Å²) < 4.78 is 33.6. The minimum Gasteiger partial charge on any atom is -0.477 e. The molecular formula is C23H37N5O3S2. The van der Waals surface area contributed by atoms with Gasteiger partial charge in [-0.3, -0.25) is 0 Å². The number of unbranched alkanes of at least 4 members (excludes halogenated alkanes) is 9. The van der Waals surface area contributed by atoms with Gasteiger partial charge in [-0.2, -0.15) is 4.37 Å². The third-order valence-electron chi connectivity index (χ3n) is 5.74. The smallest absolute Gasteiger partial charge is 0.291 e. The van der Waals surface area contributed by atoms with Gasteiger partial charge in [0.1, 0.15) is 5.69 Å². The van der Waals surface area contributed by atoms with Crippen LogP contribution in [0.5, 0.6) is 17.6 Å². The molecule has 3 heterocycles. The molecule has 1 aliphatic rings. The van der Waals surface area contributed by atoms with Crippen LogP contribution in [0, 0.1) is 0 Å². The van der Waals surface area contributed by atoms with E-state index in [9.17, 15) is 0 Å². The zero-order valence-electron chi connectivity index (χ0n) is 20.0. The van der Waals surface area contributed by atoms with Gasteiger partial charge in [0.25, 0.3) is 17.6 Å².